The SMILES string of the molecule is CCn1ncc(Cl)c1C(O)Cc1ccccc1C. The minimum absolute atomic E-state index is 0.526. The van der Waals surface area contributed by atoms with Crippen molar-refractivity contribution in [3.8, 4) is 0 Å². The van der Waals surface area contributed by atoms with E-state index in [-0.39, 0.29) is 0 Å². The first-order chi connectivity index (χ1) is 8.63. The quantitative estimate of drug-likeness (QED) is 0.921. The number of aliphatic hydroxyl groups excluding tert-OH is 1. The molecule has 0 saturated heterocycles. The van der Waals surface area contributed by atoms with Crippen molar-refractivity contribution in [3.05, 3.63) is 52.3 Å². The highest BCUT2D eigenvalue weighted by atomic mass is 35.5. The van der Waals surface area contributed by atoms with Crippen LogP contribution in [0.2, 0.25) is 5.02 Å². The second-order valence-corrected chi connectivity index (χ2v) is 4.75. The summed E-state index contributed by atoms with van der Waals surface area (Å²) in [6, 6.07) is 8.04. The molecule has 96 valence electrons. The molecular weight excluding hydrogens is 248 g/mol. The van der Waals surface area contributed by atoms with E-state index in [9.17, 15) is 5.11 Å². The van der Waals surface area contributed by atoms with Crippen LogP contribution >= 0.6 is 11.6 Å². The Morgan fingerprint density at radius 3 is 2.78 bits per heavy atom. The van der Waals surface area contributed by atoms with E-state index in [0.717, 1.165) is 5.56 Å². The van der Waals surface area contributed by atoms with E-state index in [1.54, 1.807) is 10.9 Å². The largest absolute Gasteiger partial charge is 0.386 e. The molecule has 0 radical (unpaired) electrons. The molecule has 2 aromatic rings. The van der Waals surface area contributed by atoms with Crippen molar-refractivity contribution < 1.29 is 5.11 Å². The van der Waals surface area contributed by atoms with Crippen molar-refractivity contribution in [2.45, 2.75) is 32.9 Å². The van der Waals surface area contributed by atoms with Crippen LogP contribution in [0.4, 0.5) is 0 Å². The standard InChI is InChI=1S/C14H17ClN2O/c1-3-17-14(12(15)9-16-17)13(18)8-11-7-5-4-6-10(11)2/h4-7,9,13,18H,3,8H2,1-2H3. The fraction of sp³-hybridized carbons (Fsp3) is 0.357. The molecule has 0 aliphatic rings. The van der Waals surface area contributed by atoms with Gasteiger partial charge in [0, 0.05) is 13.0 Å². The maximum absolute atomic E-state index is 10.3. The van der Waals surface area contributed by atoms with Crippen molar-refractivity contribution >= 4 is 11.6 Å². The number of aliphatic hydroxyl groups is 1. The maximum Gasteiger partial charge on any atom is 0.101 e. The molecule has 0 spiro atoms. The first-order valence-corrected chi connectivity index (χ1v) is 6.45. The van der Waals surface area contributed by atoms with Crippen LogP contribution in [0, 0.1) is 6.92 Å². The Hall–Kier alpha value is -1.32. The molecule has 0 bridgehead atoms. The topological polar surface area (TPSA) is 38.0 Å². The third-order valence-corrected chi connectivity index (χ3v) is 3.41. The summed E-state index contributed by atoms with van der Waals surface area (Å²) in [5, 5.41) is 15.0. The van der Waals surface area contributed by atoms with Gasteiger partial charge in [0.1, 0.15) is 6.10 Å². The lowest BCUT2D eigenvalue weighted by molar-refractivity contribution is 0.167. The van der Waals surface area contributed by atoms with E-state index in [4.69, 9.17) is 11.6 Å². The van der Waals surface area contributed by atoms with E-state index >= 15 is 0 Å². The highest BCUT2D eigenvalue weighted by Crippen LogP contribution is 2.26. The van der Waals surface area contributed by atoms with Crippen LogP contribution in [0.15, 0.2) is 30.5 Å². The molecule has 0 saturated carbocycles. The Bertz CT molecular complexity index is 536. The Kier molecular flexibility index (Phi) is 4.04. The van der Waals surface area contributed by atoms with Gasteiger partial charge in [-0.25, -0.2) is 0 Å². The van der Waals surface area contributed by atoms with Crippen molar-refractivity contribution in [1.29, 1.82) is 0 Å². The van der Waals surface area contributed by atoms with Gasteiger partial charge >= 0.3 is 0 Å². The molecule has 0 aliphatic carbocycles. The molecule has 1 heterocycles. The van der Waals surface area contributed by atoms with E-state index in [2.05, 4.69) is 5.10 Å². The Balaban J connectivity index is 2.24. The summed E-state index contributed by atoms with van der Waals surface area (Å²) in [4.78, 5) is 0. The fourth-order valence-corrected chi connectivity index (χ4v) is 2.37. The number of aryl methyl sites for hydroxylation is 2. The Morgan fingerprint density at radius 2 is 2.11 bits per heavy atom. The zero-order valence-corrected chi connectivity index (χ0v) is 11.4. The fourth-order valence-electron chi connectivity index (χ4n) is 2.10. The summed E-state index contributed by atoms with van der Waals surface area (Å²) in [6.07, 6.45) is 1.51. The molecular formula is C14H17ClN2O. The second-order valence-electron chi connectivity index (χ2n) is 4.34. The van der Waals surface area contributed by atoms with Crippen LogP contribution in [0.3, 0.4) is 0 Å². The van der Waals surface area contributed by atoms with Gasteiger partial charge in [-0.2, -0.15) is 5.10 Å². The normalized spacial score (nSPS) is 12.7. The monoisotopic (exact) mass is 264 g/mol. The molecule has 18 heavy (non-hydrogen) atoms. The summed E-state index contributed by atoms with van der Waals surface area (Å²) in [6.45, 7) is 4.72. The molecule has 1 N–H and O–H groups in total. The molecule has 0 fully saturated rings. The van der Waals surface area contributed by atoms with Gasteiger partial charge in [-0.3, -0.25) is 4.68 Å². The number of benzene rings is 1. The third kappa shape index (κ3) is 2.57. The molecule has 0 amide bonds. The van der Waals surface area contributed by atoms with E-state index in [1.807, 2.05) is 38.1 Å². The number of hydrogen-bond acceptors (Lipinski definition) is 2. The van der Waals surface area contributed by atoms with Gasteiger partial charge in [0.15, 0.2) is 0 Å². The lowest BCUT2D eigenvalue weighted by atomic mass is 10.0. The molecule has 1 atom stereocenters. The van der Waals surface area contributed by atoms with Crippen LogP contribution < -0.4 is 0 Å². The van der Waals surface area contributed by atoms with Crippen LogP contribution in [-0.4, -0.2) is 14.9 Å². The van der Waals surface area contributed by atoms with Crippen molar-refractivity contribution in [2.24, 2.45) is 0 Å². The van der Waals surface area contributed by atoms with E-state index < -0.39 is 6.10 Å². The van der Waals surface area contributed by atoms with Gasteiger partial charge in [0.2, 0.25) is 0 Å². The smallest absolute Gasteiger partial charge is 0.101 e. The van der Waals surface area contributed by atoms with Crippen LogP contribution in [0.1, 0.15) is 29.8 Å². The van der Waals surface area contributed by atoms with Gasteiger partial charge in [0.25, 0.3) is 0 Å². The van der Waals surface area contributed by atoms with E-state index in [0.29, 0.717) is 23.7 Å². The first kappa shape index (κ1) is 13.1. The zero-order chi connectivity index (χ0) is 13.1. The lowest BCUT2D eigenvalue weighted by Gasteiger charge is -2.14. The predicted octanol–water partition coefficient (Wildman–Crippen LogP) is 3.14. The highest BCUT2D eigenvalue weighted by molar-refractivity contribution is 6.31. The number of halogens is 1. The average molecular weight is 265 g/mol. The van der Waals surface area contributed by atoms with E-state index in [1.165, 1.54) is 5.56 Å². The number of rotatable bonds is 4. The van der Waals surface area contributed by atoms with Crippen molar-refractivity contribution in [1.82, 2.24) is 9.78 Å². The average Bonchev–Trinajstić information content (AvgIpc) is 2.73. The minimum atomic E-state index is -0.624. The molecule has 1 aromatic carbocycles. The molecule has 3 nitrogen and oxygen atoms in total. The van der Waals surface area contributed by atoms with Crippen LogP contribution in [0.25, 0.3) is 0 Å². The molecule has 2 rings (SSSR count). The predicted molar refractivity (Wildman–Crippen MR) is 72.8 cm³/mol. The summed E-state index contributed by atoms with van der Waals surface area (Å²) in [5.74, 6) is 0. The van der Waals surface area contributed by atoms with Gasteiger partial charge in [-0.1, -0.05) is 35.9 Å². The lowest BCUT2D eigenvalue weighted by Crippen LogP contribution is -2.11. The van der Waals surface area contributed by atoms with Gasteiger partial charge < -0.3 is 5.11 Å². The van der Waals surface area contributed by atoms with Crippen molar-refractivity contribution in [2.75, 3.05) is 0 Å². The second kappa shape index (κ2) is 5.55. The van der Waals surface area contributed by atoms with Gasteiger partial charge in [-0.05, 0) is 25.0 Å². The Morgan fingerprint density at radius 1 is 1.39 bits per heavy atom. The first-order valence-electron chi connectivity index (χ1n) is 6.07. The van der Waals surface area contributed by atoms with Gasteiger partial charge in [-0.15, -0.1) is 0 Å². The summed E-state index contributed by atoms with van der Waals surface area (Å²) < 4.78 is 1.74. The third-order valence-electron chi connectivity index (χ3n) is 3.12. The highest BCUT2D eigenvalue weighted by Gasteiger charge is 2.18. The zero-order valence-electron chi connectivity index (χ0n) is 10.6. The molecule has 0 aliphatic heterocycles. The summed E-state index contributed by atoms with van der Waals surface area (Å²) in [5.41, 5.74) is 3.00. The molecule has 1 unspecified atom stereocenters. The minimum Gasteiger partial charge on any atom is -0.386 e. The number of aromatic nitrogens is 2. The Labute approximate surface area is 112 Å². The van der Waals surface area contributed by atoms with Crippen molar-refractivity contribution in [3.63, 3.8) is 0 Å². The van der Waals surface area contributed by atoms with Crippen LogP contribution in [0.5, 0.6) is 0 Å². The van der Waals surface area contributed by atoms with Gasteiger partial charge in [0.05, 0.1) is 16.9 Å². The molecule has 1 aromatic heterocycles. The number of nitrogens with zero attached hydrogens (tertiary/aromatic N) is 2. The maximum atomic E-state index is 10.3. The number of hydrogen-bond donors (Lipinski definition) is 1. The summed E-state index contributed by atoms with van der Waals surface area (Å²) >= 11 is 6.08. The molecule has 4 heteroatoms. The summed E-state index contributed by atoms with van der Waals surface area (Å²) in [7, 11) is 0. The van der Waals surface area contributed by atoms with Crippen LogP contribution in [-0.2, 0) is 13.0 Å².